The van der Waals surface area contributed by atoms with E-state index in [1.54, 1.807) is 15.9 Å². The summed E-state index contributed by atoms with van der Waals surface area (Å²) in [6.07, 6.45) is 3.62. The van der Waals surface area contributed by atoms with E-state index < -0.39 is 16.1 Å². The minimum Gasteiger partial charge on any atom is -0.0656 e. The SMILES string of the molecule is CC(C)c1ccc2c(c1-c1cc([Si](C)(C)C)cc([Si](C)(C)C)c1)C=C(C(C)(C)C)C2. The second-order valence-corrected chi connectivity index (χ2v) is 22.8. The lowest BCUT2D eigenvalue weighted by Crippen LogP contribution is -2.45. The minimum atomic E-state index is -1.41. The van der Waals surface area contributed by atoms with E-state index in [1.807, 2.05) is 0 Å². The zero-order valence-electron chi connectivity index (χ0n) is 21.2. The van der Waals surface area contributed by atoms with Crippen LogP contribution in [0.1, 0.15) is 57.2 Å². The van der Waals surface area contributed by atoms with Crippen molar-refractivity contribution in [3.63, 3.8) is 0 Å². The maximum absolute atomic E-state index is 2.55. The molecule has 1 aliphatic rings. The molecule has 0 heterocycles. The maximum Gasteiger partial charge on any atom is 0.0776 e. The molecule has 30 heavy (non-hydrogen) atoms. The fourth-order valence-electron chi connectivity index (χ4n) is 4.35. The summed E-state index contributed by atoms with van der Waals surface area (Å²) in [7, 11) is -2.83. The molecular weight excluding hydrogens is 392 g/mol. The van der Waals surface area contributed by atoms with Crippen molar-refractivity contribution in [2.75, 3.05) is 0 Å². The van der Waals surface area contributed by atoms with E-state index in [0.717, 1.165) is 6.42 Å². The largest absolute Gasteiger partial charge is 0.0776 e. The van der Waals surface area contributed by atoms with Crippen LogP contribution in [-0.2, 0) is 6.42 Å². The average Bonchev–Trinajstić information content (AvgIpc) is 3.03. The average molecular weight is 435 g/mol. The summed E-state index contributed by atoms with van der Waals surface area (Å²) >= 11 is 0. The lowest BCUT2D eigenvalue weighted by atomic mass is 9.85. The van der Waals surface area contributed by atoms with E-state index in [9.17, 15) is 0 Å². The molecule has 0 N–H and O–H groups in total. The molecule has 2 heteroatoms. The molecule has 2 aromatic rings. The molecule has 0 atom stereocenters. The molecule has 0 unspecified atom stereocenters. The molecule has 0 fully saturated rings. The Labute approximate surface area is 187 Å². The molecule has 162 valence electrons. The van der Waals surface area contributed by atoms with Gasteiger partial charge in [0.2, 0.25) is 0 Å². The van der Waals surface area contributed by atoms with Crippen LogP contribution in [0.2, 0.25) is 39.3 Å². The van der Waals surface area contributed by atoms with Crippen LogP contribution in [0.4, 0.5) is 0 Å². The van der Waals surface area contributed by atoms with Gasteiger partial charge in [0.05, 0.1) is 16.1 Å². The standard InChI is InChI=1S/C28H42Si2/c1-19(2)25-13-12-20-14-22(28(3,4)5)17-26(20)27(25)21-15-23(29(6,7)8)18-24(16-21)30(9,10)11/h12-13,15-19H,14H2,1-11H3. The van der Waals surface area contributed by atoms with E-state index in [0.29, 0.717) is 5.92 Å². The fraction of sp³-hybridized carbons (Fsp3) is 0.500. The number of allylic oxidation sites excluding steroid dienone is 1. The van der Waals surface area contributed by atoms with Crippen LogP contribution < -0.4 is 10.4 Å². The number of fused-ring (bicyclic) bond motifs is 1. The number of hydrogen-bond acceptors (Lipinski definition) is 0. The predicted molar refractivity (Wildman–Crippen MR) is 143 cm³/mol. The Kier molecular flexibility index (Phi) is 5.92. The third kappa shape index (κ3) is 4.60. The number of rotatable bonds is 4. The molecule has 0 nitrogen and oxygen atoms in total. The molecule has 0 spiro atoms. The lowest BCUT2D eigenvalue weighted by molar-refractivity contribution is 0.498. The first-order chi connectivity index (χ1) is 13.6. The molecular formula is C28H42Si2. The minimum absolute atomic E-state index is 0.220. The second kappa shape index (κ2) is 7.63. The molecule has 0 saturated heterocycles. The van der Waals surface area contributed by atoms with Gasteiger partial charge in [0.25, 0.3) is 0 Å². The van der Waals surface area contributed by atoms with Gasteiger partial charge in [-0.25, -0.2) is 0 Å². The smallest absolute Gasteiger partial charge is 0.0656 e. The molecule has 2 aromatic carbocycles. The van der Waals surface area contributed by atoms with Crippen LogP contribution in [-0.4, -0.2) is 16.1 Å². The monoisotopic (exact) mass is 434 g/mol. The Morgan fingerprint density at radius 1 is 0.800 bits per heavy atom. The van der Waals surface area contributed by atoms with Crippen LogP contribution in [0.15, 0.2) is 35.9 Å². The van der Waals surface area contributed by atoms with Gasteiger partial charge in [0, 0.05) is 0 Å². The van der Waals surface area contributed by atoms with E-state index >= 15 is 0 Å². The maximum atomic E-state index is 2.55. The van der Waals surface area contributed by atoms with Crippen LogP contribution in [0.3, 0.4) is 0 Å². The van der Waals surface area contributed by atoms with Crippen LogP contribution in [0, 0.1) is 5.41 Å². The summed E-state index contributed by atoms with van der Waals surface area (Å²) in [5.74, 6) is 0.517. The van der Waals surface area contributed by atoms with Gasteiger partial charge in [-0.3, -0.25) is 0 Å². The molecule has 3 rings (SSSR count). The van der Waals surface area contributed by atoms with Crippen molar-refractivity contribution < 1.29 is 0 Å². The summed E-state index contributed by atoms with van der Waals surface area (Å²) in [5, 5.41) is 3.20. The van der Waals surface area contributed by atoms with E-state index in [-0.39, 0.29) is 5.41 Å². The normalized spacial score (nSPS) is 14.9. The number of hydrogen-bond donors (Lipinski definition) is 0. The van der Waals surface area contributed by atoms with Gasteiger partial charge in [0.15, 0.2) is 0 Å². The zero-order valence-corrected chi connectivity index (χ0v) is 23.2. The molecule has 0 radical (unpaired) electrons. The van der Waals surface area contributed by atoms with Gasteiger partial charge >= 0.3 is 0 Å². The highest BCUT2D eigenvalue weighted by molar-refractivity contribution is 6.91. The van der Waals surface area contributed by atoms with E-state index in [2.05, 4.69) is 110 Å². The summed E-state index contributed by atoms with van der Waals surface area (Å²) in [4.78, 5) is 0. The number of benzene rings is 2. The summed E-state index contributed by atoms with van der Waals surface area (Å²) in [6, 6.07) is 12.4. The van der Waals surface area contributed by atoms with Crippen LogP contribution in [0.25, 0.3) is 17.2 Å². The Bertz CT molecular complexity index is 955. The first kappa shape index (κ1) is 23.3. The molecule has 0 bridgehead atoms. The van der Waals surface area contributed by atoms with Gasteiger partial charge in [-0.1, -0.05) is 126 Å². The highest BCUT2D eigenvalue weighted by Gasteiger charge is 2.28. The molecule has 0 amide bonds. The second-order valence-electron chi connectivity index (χ2n) is 12.7. The third-order valence-electron chi connectivity index (χ3n) is 6.61. The fourth-order valence-corrected chi connectivity index (χ4v) is 6.85. The van der Waals surface area contributed by atoms with Gasteiger partial charge in [-0.2, -0.15) is 0 Å². The zero-order chi connectivity index (χ0) is 22.6. The predicted octanol–water partition coefficient (Wildman–Crippen LogP) is 7.55. The van der Waals surface area contributed by atoms with Gasteiger partial charge < -0.3 is 0 Å². The van der Waals surface area contributed by atoms with Crippen molar-refractivity contribution in [3.05, 3.63) is 52.6 Å². The van der Waals surface area contributed by atoms with Gasteiger partial charge in [0.1, 0.15) is 0 Å². The molecule has 0 aliphatic heterocycles. The Morgan fingerprint density at radius 2 is 1.33 bits per heavy atom. The quantitative estimate of drug-likeness (QED) is 0.436. The topological polar surface area (TPSA) is 0 Å². The van der Waals surface area contributed by atoms with Crippen molar-refractivity contribution in [2.24, 2.45) is 5.41 Å². The molecule has 0 aromatic heterocycles. The van der Waals surface area contributed by atoms with Crippen molar-refractivity contribution in [1.29, 1.82) is 0 Å². The molecule has 1 aliphatic carbocycles. The van der Waals surface area contributed by atoms with Crippen molar-refractivity contribution >= 4 is 32.6 Å². The van der Waals surface area contributed by atoms with Gasteiger partial charge in [-0.15, -0.1) is 0 Å². The Balaban J connectivity index is 2.36. The van der Waals surface area contributed by atoms with Crippen molar-refractivity contribution in [2.45, 2.75) is 86.2 Å². The Hall–Kier alpha value is -1.39. The van der Waals surface area contributed by atoms with E-state index in [4.69, 9.17) is 0 Å². The highest BCUT2D eigenvalue weighted by Crippen LogP contribution is 2.43. The summed E-state index contributed by atoms with van der Waals surface area (Å²) < 4.78 is 0. The van der Waals surface area contributed by atoms with Gasteiger partial charge in [-0.05, 0) is 45.6 Å². The highest BCUT2D eigenvalue weighted by atomic mass is 28.3. The summed E-state index contributed by atoms with van der Waals surface area (Å²) in [6.45, 7) is 26.6. The van der Waals surface area contributed by atoms with Crippen LogP contribution in [0.5, 0.6) is 0 Å². The Morgan fingerprint density at radius 3 is 1.77 bits per heavy atom. The lowest BCUT2D eigenvalue weighted by Gasteiger charge is -2.26. The molecule has 0 saturated carbocycles. The first-order valence-electron chi connectivity index (χ1n) is 11.6. The van der Waals surface area contributed by atoms with Crippen molar-refractivity contribution in [3.8, 4) is 11.1 Å². The van der Waals surface area contributed by atoms with E-state index in [1.165, 1.54) is 27.8 Å². The first-order valence-corrected chi connectivity index (χ1v) is 18.6. The third-order valence-corrected chi connectivity index (χ3v) is 10.6. The van der Waals surface area contributed by atoms with Crippen LogP contribution >= 0.6 is 0 Å². The summed E-state index contributed by atoms with van der Waals surface area (Å²) in [5.41, 5.74) is 9.23. The van der Waals surface area contributed by atoms with Crippen molar-refractivity contribution in [1.82, 2.24) is 0 Å².